The van der Waals surface area contributed by atoms with E-state index in [2.05, 4.69) is 5.32 Å². The van der Waals surface area contributed by atoms with Gasteiger partial charge in [-0.15, -0.1) is 0 Å². The van der Waals surface area contributed by atoms with Crippen LogP contribution in [0.1, 0.15) is 19.4 Å². The maximum atomic E-state index is 13.4. The Morgan fingerprint density at radius 3 is 2.44 bits per heavy atom. The lowest BCUT2D eigenvalue weighted by Crippen LogP contribution is -2.50. The number of carbonyl (C=O) groups is 2. The summed E-state index contributed by atoms with van der Waals surface area (Å²) in [6.45, 7) is 3.28. The number of hydrogen-bond acceptors (Lipinski definition) is 5. The number of anilines is 1. The fourth-order valence-electron chi connectivity index (χ4n) is 3.16. The van der Waals surface area contributed by atoms with Crippen LogP contribution in [0.3, 0.4) is 0 Å². The Hall–Kier alpha value is -2.78. The molecule has 0 heterocycles. The molecular weight excluding hydrogens is 454 g/mol. The van der Waals surface area contributed by atoms with Crippen molar-refractivity contribution in [1.82, 2.24) is 10.2 Å². The number of rotatable bonds is 10. The molecule has 2 aromatic carbocycles. The van der Waals surface area contributed by atoms with E-state index in [9.17, 15) is 18.0 Å². The van der Waals surface area contributed by atoms with Gasteiger partial charge in [0.2, 0.25) is 21.8 Å². The zero-order valence-electron chi connectivity index (χ0n) is 18.5. The van der Waals surface area contributed by atoms with E-state index in [0.717, 1.165) is 10.6 Å². The fraction of sp³-hybridized carbons (Fsp3) is 0.364. The van der Waals surface area contributed by atoms with E-state index < -0.39 is 28.5 Å². The van der Waals surface area contributed by atoms with Crippen LogP contribution in [0.15, 0.2) is 48.5 Å². The molecule has 8 nitrogen and oxygen atoms in total. The van der Waals surface area contributed by atoms with Gasteiger partial charge in [0, 0.05) is 18.6 Å². The van der Waals surface area contributed by atoms with Gasteiger partial charge in [0.25, 0.3) is 0 Å². The Balaban J connectivity index is 2.43. The third-order valence-corrected chi connectivity index (χ3v) is 6.13. The number of sulfonamides is 1. The van der Waals surface area contributed by atoms with Crippen molar-refractivity contribution in [2.24, 2.45) is 0 Å². The number of hydrogen-bond donors (Lipinski definition) is 1. The van der Waals surface area contributed by atoms with E-state index in [1.165, 1.54) is 11.9 Å². The summed E-state index contributed by atoms with van der Waals surface area (Å²) >= 11 is 6.06. The normalized spacial score (nSPS) is 12.0. The van der Waals surface area contributed by atoms with Gasteiger partial charge in [-0.05, 0) is 43.7 Å². The predicted octanol–water partition coefficient (Wildman–Crippen LogP) is 2.67. The van der Waals surface area contributed by atoms with Crippen molar-refractivity contribution in [3.05, 3.63) is 59.1 Å². The molecule has 2 amide bonds. The zero-order valence-corrected chi connectivity index (χ0v) is 20.1. The number of halogens is 1. The van der Waals surface area contributed by atoms with Crippen molar-refractivity contribution in [3.8, 4) is 5.75 Å². The lowest BCUT2D eigenvalue weighted by molar-refractivity contribution is -0.139. The number of benzene rings is 2. The molecule has 32 heavy (non-hydrogen) atoms. The highest BCUT2D eigenvalue weighted by Crippen LogP contribution is 2.30. The van der Waals surface area contributed by atoms with Crippen molar-refractivity contribution in [3.63, 3.8) is 0 Å². The SMILES string of the molecule is CCOc1ccccc1N(CC(=O)N(Cc1cccc(Cl)c1)C(C)C(=O)NC)S(C)(=O)=O. The molecule has 0 saturated heterocycles. The first-order chi connectivity index (χ1) is 15.1. The topological polar surface area (TPSA) is 96.0 Å². The van der Waals surface area contributed by atoms with Crippen molar-refractivity contribution >= 4 is 39.1 Å². The molecule has 0 saturated carbocycles. The predicted molar refractivity (Wildman–Crippen MR) is 125 cm³/mol. The number of likely N-dealkylation sites (N-methyl/N-ethyl adjacent to an activating group) is 1. The van der Waals surface area contributed by atoms with Crippen molar-refractivity contribution in [1.29, 1.82) is 0 Å². The molecule has 1 N–H and O–H groups in total. The van der Waals surface area contributed by atoms with E-state index >= 15 is 0 Å². The second kappa shape index (κ2) is 11.2. The fourth-order valence-corrected chi connectivity index (χ4v) is 4.23. The second-order valence-electron chi connectivity index (χ2n) is 7.11. The van der Waals surface area contributed by atoms with Crippen molar-refractivity contribution in [2.45, 2.75) is 26.4 Å². The molecule has 0 spiro atoms. The summed E-state index contributed by atoms with van der Waals surface area (Å²) in [5, 5.41) is 3.02. The first-order valence-electron chi connectivity index (χ1n) is 10.0. The number of ether oxygens (including phenoxy) is 1. The van der Waals surface area contributed by atoms with Crippen molar-refractivity contribution < 1.29 is 22.7 Å². The minimum absolute atomic E-state index is 0.0820. The van der Waals surface area contributed by atoms with Gasteiger partial charge in [-0.1, -0.05) is 35.9 Å². The quantitative estimate of drug-likeness (QED) is 0.562. The average molecular weight is 482 g/mol. The Morgan fingerprint density at radius 1 is 1.16 bits per heavy atom. The Bertz CT molecular complexity index is 1060. The van der Waals surface area contributed by atoms with Gasteiger partial charge in [-0.25, -0.2) is 8.42 Å². The minimum Gasteiger partial charge on any atom is -0.492 e. The lowest BCUT2D eigenvalue weighted by atomic mass is 10.1. The summed E-state index contributed by atoms with van der Waals surface area (Å²) in [5.41, 5.74) is 0.961. The van der Waals surface area contributed by atoms with Crippen LogP contribution in [0.5, 0.6) is 5.75 Å². The van der Waals surface area contributed by atoms with Gasteiger partial charge >= 0.3 is 0 Å². The van der Waals surface area contributed by atoms with Crippen LogP contribution in [-0.2, 0) is 26.2 Å². The van der Waals surface area contributed by atoms with E-state index in [1.54, 1.807) is 62.4 Å². The first-order valence-corrected chi connectivity index (χ1v) is 12.3. The van der Waals surface area contributed by atoms with Gasteiger partial charge in [0.05, 0.1) is 18.6 Å². The molecule has 10 heteroatoms. The average Bonchev–Trinajstić information content (AvgIpc) is 2.74. The molecule has 2 rings (SSSR count). The smallest absolute Gasteiger partial charge is 0.244 e. The molecule has 0 aromatic heterocycles. The molecular formula is C22H28ClN3O5S. The minimum atomic E-state index is -3.83. The summed E-state index contributed by atoms with van der Waals surface area (Å²) < 4.78 is 31.8. The maximum absolute atomic E-state index is 13.4. The van der Waals surface area contributed by atoms with Crippen molar-refractivity contribution in [2.75, 3.05) is 30.8 Å². The molecule has 0 fully saturated rings. The van der Waals surface area contributed by atoms with Gasteiger partial charge < -0.3 is 15.0 Å². The Labute approximate surface area is 194 Å². The highest BCUT2D eigenvalue weighted by Gasteiger charge is 2.30. The van der Waals surface area contributed by atoms with Crippen LogP contribution in [-0.4, -0.2) is 57.6 Å². The molecule has 174 valence electrons. The second-order valence-corrected chi connectivity index (χ2v) is 9.46. The van der Waals surface area contributed by atoms with Crippen LogP contribution in [0.4, 0.5) is 5.69 Å². The highest BCUT2D eigenvalue weighted by molar-refractivity contribution is 7.92. The first kappa shape index (κ1) is 25.5. The Kier molecular flexibility index (Phi) is 8.91. The molecule has 0 radical (unpaired) electrons. The highest BCUT2D eigenvalue weighted by atomic mass is 35.5. The summed E-state index contributed by atoms with van der Waals surface area (Å²) in [6, 6.07) is 12.7. The molecule has 0 aliphatic heterocycles. The maximum Gasteiger partial charge on any atom is 0.244 e. The summed E-state index contributed by atoms with van der Waals surface area (Å²) in [5.74, 6) is -0.576. The summed E-state index contributed by atoms with van der Waals surface area (Å²) in [6.07, 6.45) is 1.02. The van der Waals surface area contributed by atoms with E-state index in [1.807, 2.05) is 0 Å². The molecule has 0 aliphatic carbocycles. The zero-order chi connectivity index (χ0) is 23.9. The number of nitrogens with zero attached hydrogens (tertiary/aromatic N) is 2. The summed E-state index contributed by atoms with van der Waals surface area (Å²) in [4.78, 5) is 27.0. The summed E-state index contributed by atoms with van der Waals surface area (Å²) in [7, 11) is -2.36. The molecule has 1 atom stereocenters. The van der Waals surface area contributed by atoms with Gasteiger partial charge in [0.1, 0.15) is 18.3 Å². The molecule has 0 bridgehead atoms. The van der Waals surface area contributed by atoms with E-state index in [-0.39, 0.29) is 18.1 Å². The van der Waals surface area contributed by atoms with Gasteiger partial charge in [-0.2, -0.15) is 0 Å². The third kappa shape index (κ3) is 6.61. The Morgan fingerprint density at radius 2 is 1.84 bits per heavy atom. The standard InChI is InChI=1S/C22H28ClN3O5S/c1-5-31-20-12-7-6-11-19(20)26(32(4,29)30)15-21(27)25(16(2)22(28)24-3)14-17-9-8-10-18(23)13-17/h6-13,16H,5,14-15H2,1-4H3,(H,24,28). The third-order valence-electron chi connectivity index (χ3n) is 4.77. The number of amides is 2. The van der Waals surface area contributed by atoms with Crippen LogP contribution >= 0.6 is 11.6 Å². The van der Waals surface area contributed by atoms with Crippen LogP contribution in [0.2, 0.25) is 5.02 Å². The molecule has 2 aromatic rings. The van der Waals surface area contributed by atoms with Gasteiger partial charge in [0.15, 0.2) is 0 Å². The van der Waals surface area contributed by atoms with Crippen LogP contribution in [0.25, 0.3) is 0 Å². The van der Waals surface area contributed by atoms with E-state index in [0.29, 0.717) is 22.9 Å². The number of nitrogens with one attached hydrogen (secondary N) is 1. The molecule has 1 unspecified atom stereocenters. The monoisotopic (exact) mass is 481 g/mol. The molecule has 0 aliphatic rings. The van der Waals surface area contributed by atoms with Gasteiger partial charge in [-0.3, -0.25) is 13.9 Å². The van der Waals surface area contributed by atoms with Crippen LogP contribution < -0.4 is 14.4 Å². The number of para-hydroxylation sites is 2. The van der Waals surface area contributed by atoms with Crippen LogP contribution in [0, 0.1) is 0 Å². The van der Waals surface area contributed by atoms with E-state index in [4.69, 9.17) is 16.3 Å². The number of carbonyl (C=O) groups excluding carboxylic acids is 2. The largest absolute Gasteiger partial charge is 0.492 e. The lowest BCUT2D eigenvalue weighted by Gasteiger charge is -2.31.